The lowest BCUT2D eigenvalue weighted by molar-refractivity contribution is -0.384. The molecule has 1 aromatic heterocycles. The van der Waals surface area contributed by atoms with E-state index in [9.17, 15) is 23.3 Å². The van der Waals surface area contributed by atoms with E-state index >= 15 is 0 Å². The maximum absolute atomic E-state index is 13.4. The summed E-state index contributed by atoms with van der Waals surface area (Å²) in [4.78, 5) is 25.6. The maximum Gasteiger partial charge on any atom is 0.269 e. The highest BCUT2D eigenvalue weighted by Crippen LogP contribution is 2.29. The highest BCUT2D eigenvalue weighted by molar-refractivity contribution is 7.90. The molecule has 2 heterocycles. The molecule has 0 radical (unpaired) electrons. The first-order chi connectivity index (χ1) is 17.6. The fraction of sp³-hybridized carbons (Fsp3) is 0.333. The van der Waals surface area contributed by atoms with Gasteiger partial charge in [-0.05, 0) is 36.8 Å². The minimum absolute atomic E-state index is 0. The summed E-state index contributed by atoms with van der Waals surface area (Å²) < 4.78 is 30.1. The van der Waals surface area contributed by atoms with Crippen LogP contribution in [0.5, 0.6) is 0 Å². The number of hydrogen-bond acceptors (Lipinski definition) is 7. The Bertz CT molecular complexity index is 1410. The Balaban J connectivity index is 0.00000400. The normalized spacial score (nSPS) is 16.4. The second-order valence-electron chi connectivity index (χ2n) is 8.98. The fourth-order valence-electron chi connectivity index (χ4n) is 4.41. The number of nitrogens with one attached hydrogen (secondary N) is 3. The standard InChI is InChI=1S/C24H28N6O5S2.ClH/c25-24(26)29-11-3-4-17(14-29)13-27-23(31)20(12-16-7-9-18(10-8-16)30(32)33)28-37(34,35)22-15-36-21-6-2-1-5-19(21)22;/h1-2,5-10,15,17,20,28H,3-4,11-14H2,(H3,25,26)(H,27,31);1H/t17?,20-;/m1./s1. The number of fused-ring (bicyclic) bond motifs is 1. The van der Waals surface area contributed by atoms with Crippen LogP contribution in [0.4, 0.5) is 5.69 Å². The zero-order chi connectivity index (χ0) is 26.6. The predicted octanol–water partition coefficient (Wildman–Crippen LogP) is 2.84. The van der Waals surface area contributed by atoms with Gasteiger partial charge in [0, 0.05) is 47.2 Å². The molecule has 38 heavy (non-hydrogen) atoms. The molecule has 0 aliphatic carbocycles. The molecular weight excluding hydrogens is 552 g/mol. The number of sulfonamides is 1. The third kappa shape index (κ3) is 6.98. The minimum Gasteiger partial charge on any atom is -0.370 e. The molecule has 0 bridgehead atoms. The predicted molar refractivity (Wildman–Crippen MR) is 149 cm³/mol. The van der Waals surface area contributed by atoms with Crippen molar-refractivity contribution in [2.24, 2.45) is 11.7 Å². The summed E-state index contributed by atoms with van der Waals surface area (Å²) in [6.07, 6.45) is 1.70. The van der Waals surface area contributed by atoms with Crippen LogP contribution in [0.15, 0.2) is 58.8 Å². The number of non-ortho nitro benzene ring substituents is 1. The van der Waals surface area contributed by atoms with Gasteiger partial charge < -0.3 is 16.0 Å². The summed E-state index contributed by atoms with van der Waals surface area (Å²) in [5, 5.41) is 23.6. The smallest absolute Gasteiger partial charge is 0.269 e. The number of carbonyl (C=O) groups excluding carboxylic acids is 1. The van der Waals surface area contributed by atoms with Crippen LogP contribution < -0.4 is 15.8 Å². The first kappa shape index (κ1) is 29.3. The van der Waals surface area contributed by atoms with Crippen LogP contribution in [-0.4, -0.2) is 55.8 Å². The molecule has 2 aromatic carbocycles. The van der Waals surface area contributed by atoms with Crippen molar-refractivity contribution in [3.05, 3.63) is 69.6 Å². The van der Waals surface area contributed by atoms with E-state index in [0.717, 1.165) is 17.5 Å². The molecule has 204 valence electrons. The molecule has 1 fully saturated rings. The zero-order valence-electron chi connectivity index (χ0n) is 20.3. The van der Waals surface area contributed by atoms with Crippen LogP contribution in [0.2, 0.25) is 0 Å². The van der Waals surface area contributed by atoms with Gasteiger partial charge in [0.05, 0.1) is 4.92 Å². The zero-order valence-corrected chi connectivity index (χ0v) is 22.8. The lowest BCUT2D eigenvalue weighted by atomic mass is 9.98. The average molecular weight is 581 g/mol. The van der Waals surface area contributed by atoms with Crippen LogP contribution >= 0.6 is 23.7 Å². The molecule has 0 spiro atoms. The molecule has 14 heteroatoms. The van der Waals surface area contributed by atoms with E-state index in [4.69, 9.17) is 11.1 Å². The number of guanidine groups is 1. The summed E-state index contributed by atoms with van der Waals surface area (Å²) in [5.41, 5.74) is 6.09. The molecule has 3 aromatic rings. The van der Waals surface area contributed by atoms with Gasteiger partial charge in [0.1, 0.15) is 10.9 Å². The van der Waals surface area contributed by atoms with Crippen LogP contribution in [0, 0.1) is 21.4 Å². The molecule has 0 saturated carbocycles. The van der Waals surface area contributed by atoms with Gasteiger partial charge in [-0.3, -0.25) is 20.3 Å². The Morgan fingerprint density at radius 1 is 1.24 bits per heavy atom. The van der Waals surface area contributed by atoms with Crippen molar-refractivity contribution in [2.75, 3.05) is 19.6 Å². The first-order valence-corrected chi connectivity index (χ1v) is 14.1. The monoisotopic (exact) mass is 580 g/mol. The molecule has 5 N–H and O–H groups in total. The number of piperidine rings is 1. The third-order valence-electron chi connectivity index (χ3n) is 6.36. The number of rotatable bonds is 9. The van der Waals surface area contributed by atoms with Gasteiger partial charge in [0.25, 0.3) is 5.69 Å². The number of carbonyl (C=O) groups is 1. The number of nitro benzene ring substituents is 1. The first-order valence-electron chi connectivity index (χ1n) is 11.7. The number of nitrogens with two attached hydrogens (primary N) is 1. The molecule has 1 amide bonds. The van der Waals surface area contributed by atoms with E-state index in [1.54, 1.807) is 22.4 Å². The van der Waals surface area contributed by atoms with Crippen LogP contribution in [-0.2, 0) is 21.2 Å². The summed E-state index contributed by atoms with van der Waals surface area (Å²) in [6.45, 7) is 1.54. The minimum atomic E-state index is -4.05. The van der Waals surface area contributed by atoms with Crippen molar-refractivity contribution < 1.29 is 18.1 Å². The van der Waals surface area contributed by atoms with E-state index in [1.807, 2.05) is 12.1 Å². The van der Waals surface area contributed by atoms with Gasteiger partial charge in [-0.2, -0.15) is 4.72 Å². The van der Waals surface area contributed by atoms with Gasteiger partial charge in [-0.1, -0.05) is 30.3 Å². The molecular formula is C24H29ClN6O5S2. The molecule has 2 atom stereocenters. The van der Waals surface area contributed by atoms with Crippen molar-refractivity contribution in [2.45, 2.75) is 30.2 Å². The molecule has 1 aliphatic heterocycles. The number of halogens is 1. The number of nitrogens with zero attached hydrogens (tertiary/aromatic N) is 2. The summed E-state index contributed by atoms with van der Waals surface area (Å²) in [6, 6.07) is 11.7. The number of amides is 1. The maximum atomic E-state index is 13.4. The number of nitro groups is 1. The summed E-state index contributed by atoms with van der Waals surface area (Å²) >= 11 is 1.30. The van der Waals surface area contributed by atoms with E-state index in [0.29, 0.717) is 30.6 Å². The Morgan fingerprint density at radius 3 is 2.63 bits per heavy atom. The molecule has 1 unspecified atom stereocenters. The second-order valence-corrected chi connectivity index (χ2v) is 11.6. The van der Waals surface area contributed by atoms with Gasteiger partial charge in [0.15, 0.2) is 5.96 Å². The molecule has 1 aliphatic rings. The van der Waals surface area contributed by atoms with E-state index < -0.39 is 26.9 Å². The quantitative estimate of drug-likeness (QED) is 0.130. The Morgan fingerprint density at radius 2 is 1.95 bits per heavy atom. The Labute approximate surface area is 230 Å². The highest BCUT2D eigenvalue weighted by Gasteiger charge is 2.29. The van der Waals surface area contributed by atoms with Gasteiger partial charge in [-0.15, -0.1) is 23.7 Å². The number of benzene rings is 2. The Kier molecular flexibility index (Phi) is 9.66. The fourth-order valence-corrected chi connectivity index (χ4v) is 7.11. The van der Waals surface area contributed by atoms with Crippen molar-refractivity contribution in [1.82, 2.24) is 14.9 Å². The molecule has 1 saturated heterocycles. The lowest BCUT2D eigenvalue weighted by Gasteiger charge is -2.33. The summed E-state index contributed by atoms with van der Waals surface area (Å²) in [7, 11) is -4.05. The van der Waals surface area contributed by atoms with Crippen LogP contribution in [0.3, 0.4) is 0 Å². The van der Waals surface area contributed by atoms with Crippen LogP contribution in [0.1, 0.15) is 18.4 Å². The van der Waals surface area contributed by atoms with Gasteiger partial charge >= 0.3 is 0 Å². The Hall–Kier alpha value is -3.26. The van der Waals surface area contributed by atoms with Gasteiger partial charge in [0.2, 0.25) is 15.9 Å². The number of likely N-dealkylation sites (tertiary alicyclic amines) is 1. The van der Waals surface area contributed by atoms with Gasteiger partial charge in [-0.25, -0.2) is 8.42 Å². The van der Waals surface area contributed by atoms with Crippen molar-refractivity contribution in [3.8, 4) is 0 Å². The summed E-state index contributed by atoms with van der Waals surface area (Å²) in [5.74, 6) is -0.441. The highest BCUT2D eigenvalue weighted by atomic mass is 35.5. The van der Waals surface area contributed by atoms with E-state index in [1.165, 1.54) is 35.6 Å². The van der Waals surface area contributed by atoms with Crippen molar-refractivity contribution in [1.29, 1.82) is 5.41 Å². The topological polar surface area (TPSA) is 172 Å². The van der Waals surface area contributed by atoms with E-state index in [-0.39, 0.29) is 41.3 Å². The lowest BCUT2D eigenvalue weighted by Crippen LogP contribution is -2.51. The second kappa shape index (κ2) is 12.5. The SMILES string of the molecule is Cl.N=C(N)N1CCCC(CNC(=O)[C@@H](Cc2ccc([N+](=O)[O-])cc2)NS(=O)(=O)c2csc3ccccc23)C1. The molecule has 4 rings (SSSR count). The average Bonchev–Trinajstić information content (AvgIpc) is 3.32. The third-order valence-corrected chi connectivity index (χ3v) is 8.98. The van der Waals surface area contributed by atoms with Crippen LogP contribution in [0.25, 0.3) is 10.1 Å². The van der Waals surface area contributed by atoms with Crippen molar-refractivity contribution >= 4 is 61.4 Å². The number of hydrogen-bond donors (Lipinski definition) is 4. The largest absolute Gasteiger partial charge is 0.370 e. The number of thiophene rings is 1. The molecule has 11 nitrogen and oxygen atoms in total. The van der Waals surface area contributed by atoms with E-state index in [2.05, 4.69) is 10.0 Å². The van der Waals surface area contributed by atoms with Crippen molar-refractivity contribution in [3.63, 3.8) is 0 Å².